The first-order valence-corrected chi connectivity index (χ1v) is 7.79. The Morgan fingerprint density at radius 2 is 1.91 bits per heavy atom. The van der Waals surface area contributed by atoms with Crippen molar-refractivity contribution >= 4 is 24.3 Å². The van der Waals surface area contributed by atoms with E-state index in [-0.39, 0.29) is 30.3 Å². The molecule has 5 nitrogen and oxygen atoms in total. The molecule has 128 valence electrons. The number of rotatable bonds is 5. The normalized spacial score (nSPS) is 21.7. The molecule has 23 heavy (non-hydrogen) atoms. The predicted octanol–water partition coefficient (Wildman–Crippen LogP) is 2.35. The molecule has 1 aliphatic carbocycles. The molecule has 0 heterocycles. The van der Waals surface area contributed by atoms with Gasteiger partial charge in [0.1, 0.15) is 0 Å². The molecule has 2 rings (SSSR count). The summed E-state index contributed by atoms with van der Waals surface area (Å²) >= 11 is 0. The third kappa shape index (κ3) is 5.52. The van der Waals surface area contributed by atoms with Crippen LogP contribution < -0.4 is 11.1 Å². The average molecular weight is 341 g/mol. The van der Waals surface area contributed by atoms with Gasteiger partial charge < -0.3 is 15.8 Å². The summed E-state index contributed by atoms with van der Waals surface area (Å²) in [7, 11) is 1.32. The fourth-order valence-corrected chi connectivity index (χ4v) is 2.99. The highest BCUT2D eigenvalue weighted by Gasteiger charge is 2.27. The third-order valence-electron chi connectivity index (χ3n) is 4.29. The smallest absolute Gasteiger partial charge is 0.333 e. The van der Waals surface area contributed by atoms with Crippen molar-refractivity contribution in [3.63, 3.8) is 0 Å². The maximum atomic E-state index is 12.3. The van der Waals surface area contributed by atoms with E-state index in [1.807, 2.05) is 18.2 Å². The Kier molecular flexibility index (Phi) is 8.06. The molecule has 0 saturated heterocycles. The second-order valence-corrected chi connectivity index (χ2v) is 5.85. The van der Waals surface area contributed by atoms with E-state index in [2.05, 4.69) is 5.32 Å². The van der Waals surface area contributed by atoms with Crippen LogP contribution in [-0.2, 0) is 14.3 Å². The van der Waals surface area contributed by atoms with E-state index in [1.165, 1.54) is 7.11 Å². The van der Waals surface area contributed by atoms with Crippen LogP contribution in [-0.4, -0.2) is 25.0 Å². The van der Waals surface area contributed by atoms with Gasteiger partial charge in [-0.15, -0.1) is 12.4 Å². The highest BCUT2D eigenvalue weighted by atomic mass is 35.5. The van der Waals surface area contributed by atoms with Gasteiger partial charge in [-0.25, -0.2) is 4.79 Å². The van der Waals surface area contributed by atoms with Crippen molar-refractivity contribution < 1.29 is 14.3 Å². The van der Waals surface area contributed by atoms with Gasteiger partial charge in [-0.3, -0.25) is 4.79 Å². The standard InChI is InChI=1S/C17H24N2O3.ClH/c1-22-17(21)16(12-7-3-2-4-8-12)19-15(20)11-13-9-5-6-10-14(13)18;/h2-4,7-8,13-14,16H,5-6,9-11,18H2,1H3,(H,19,20);1H/t13-,14?,16-;/m0./s1. The zero-order valence-electron chi connectivity index (χ0n) is 13.4. The monoisotopic (exact) mass is 340 g/mol. The number of ether oxygens (including phenoxy) is 1. The van der Waals surface area contributed by atoms with E-state index in [4.69, 9.17) is 10.5 Å². The van der Waals surface area contributed by atoms with Crippen molar-refractivity contribution in [1.82, 2.24) is 5.32 Å². The molecule has 1 unspecified atom stereocenters. The number of nitrogens with one attached hydrogen (secondary N) is 1. The van der Waals surface area contributed by atoms with Gasteiger partial charge in [-0.05, 0) is 24.3 Å². The number of hydrogen-bond acceptors (Lipinski definition) is 4. The van der Waals surface area contributed by atoms with E-state index in [0.717, 1.165) is 31.2 Å². The first-order chi connectivity index (χ1) is 10.6. The van der Waals surface area contributed by atoms with E-state index >= 15 is 0 Å². The van der Waals surface area contributed by atoms with E-state index in [9.17, 15) is 9.59 Å². The summed E-state index contributed by atoms with van der Waals surface area (Å²) in [6.45, 7) is 0. The van der Waals surface area contributed by atoms with Crippen molar-refractivity contribution in [3.8, 4) is 0 Å². The molecule has 0 spiro atoms. The highest BCUT2D eigenvalue weighted by Crippen LogP contribution is 2.26. The van der Waals surface area contributed by atoms with Crippen molar-refractivity contribution in [2.45, 2.75) is 44.2 Å². The van der Waals surface area contributed by atoms with Gasteiger partial charge in [0.15, 0.2) is 6.04 Å². The quantitative estimate of drug-likeness (QED) is 0.806. The van der Waals surface area contributed by atoms with Gasteiger partial charge in [0.25, 0.3) is 0 Å². The minimum Gasteiger partial charge on any atom is -0.467 e. The van der Waals surface area contributed by atoms with Gasteiger partial charge in [0.2, 0.25) is 5.91 Å². The second-order valence-electron chi connectivity index (χ2n) is 5.85. The molecule has 1 aromatic carbocycles. The fraction of sp³-hybridized carbons (Fsp3) is 0.529. The van der Waals surface area contributed by atoms with E-state index < -0.39 is 12.0 Å². The lowest BCUT2D eigenvalue weighted by molar-refractivity contribution is -0.145. The van der Waals surface area contributed by atoms with Crippen LogP contribution in [0.2, 0.25) is 0 Å². The lowest BCUT2D eigenvalue weighted by Gasteiger charge is -2.28. The molecular weight excluding hydrogens is 316 g/mol. The van der Waals surface area contributed by atoms with Gasteiger partial charge >= 0.3 is 5.97 Å². The molecule has 1 aromatic rings. The Morgan fingerprint density at radius 3 is 2.52 bits per heavy atom. The Bertz CT molecular complexity index is 510. The van der Waals surface area contributed by atoms with E-state index in [1.54, 1.807) is 12.1 Å². The first kappa shape index (κ1) is 19.5. The molecule has 1 amide bonds. The van der Waals surface area contributed by atoms with Gasteiger partial charge in [-0.2, -0.15) is 0 Å². The minimum atomic E-state index is -0.765. The Morgan fingerprint density at radius 1 is 1.26 bits per heavy atom. The average Bonchev–Trinajstić information content (AvgIpc) is 2.55. The summed E-state index contributed by atoms with van der Waals surface area (Å²) < 4.78 is 4.80. The van der Waals surface area contributed by atoms with Crippen LogP contribution in [0.3, 0.4) is 0 Å². The van der Waals surface area contributed by atoms with Gasteiger partial charge in [0.05, 0.1) is 7.11 Å². The Labute approximate surface area is 143 Å². The number of nitrogens with two attached hydrogens (primary N) is 1. The van der Waals surface area contributed by atoms with Gasteiger partial charge in [0, 0.05) is 12.5 Å². The largest absolute Gasteiger partial charge is 0.467 e. The summed E-state index contributed by atoms with van der Waals surface area (Å²) in [4.78, 5) is 24.2. The van der Waals surface area contributed by atoms with Crippen LogP contribution in [0.15, 0.2) is 30.3 Å². The molecule has 0 aliphatic heterocycles. The van der Waals surface area contributed by atoms with Crippen molar-refractivity contribution in [2.24, 2.45) is 11.7 Å². The summed E-state index contributed by atoms with van der Waals surface area (Å²) in [6.07, 6.45) is 4.56. The lowest BCUT2D eigenvalue weighted by Crippen LogP contribution is -2.39. The molecule has 3 N–H and O–H groups in total. The highest BCUT2D eigenvalue weighted by molar-refractivity contribution is 5.86. The number of hydrogen-bond donors (Lipinski definition) is 2. The lowest BCUT2D eigenvalue weighted by atomic mass is 9.83. The number of halogens is 1. The Hall–Kier alpha value is -1.59. The molecule has 0 bridgehead atoms. The van der Waals surface area contributed by atoms with Crippen LogP contribution in [0.5, 0.6) is 0 Å². The molecule has 3 atom stereocenters. The van der Waals surface area contributed by atoms with Crippen LogP contribution >= 0.6 is 12.4 Å². The van der Waals surface area contributed by atoms with Crippen LogP contribution in [0.1, 0.15) is 43.7 Å². The zero-order chi connectivity index (χ0) is 15.9. The summed E-state index contributed by atoms with van der Waals surface area (Å²) in [5.41, 5.74) is 6.80. The SMILES string of the molecule is COC(=O)[C@@H](NC(=O)C[C@@H]1CCCCC1N)c1ccccc1.Cl. The van der Waals surface area contributed by atoms with Crippen molar-refractivity contribution in [3.05, 3.63) is 35.9 Å². The Balaban J connectivity index is 0.00000264. The summed E-state index contributed by atoms with van der Waals surface area (Å²) in [6, 6.07) is 8.43. The molecule has 0 radical (unpaired) electrons. The van der Waals surface area contributed by atoms with Crippen LogP contribution in [0, 0.1) is 5.92 Å². The van der Waals surface area contributed by atoms with Crippen LogP contribution in [0.4, 0.5) is 0 Å². The van der Waals surface area contributed by atoms with E-state index in [0.29, 0.717) is 6.42 Å². The molecule has 1 saturated carbocycles. The predicted molar refractivity (Wildman–Crippen MR) is 91.1 cm³/mol. The number of methoxy groups -OCH3 is 1. The topological polar surface area (TPSA) is 81.4 Å². The summed E-state index contributed by atoms with van der Waals surface area (Å²) in [5, 5.41) is 2.78. The maximum absolute atomic E-state index is 12.3. The third-order valence-corrected chi connectivity index (χ3v) is 4.29. The summed E-state index contributed by atoms with van der Waals surface area (Å²) in [5.74, 6) is -0.420. The number of carbonyl (C=O) groups excluding carboxylic acids is 2. The van der Waals surface area contributed by atoms with Crippen LogP contribution in [0.25, 0.3) is 0 Å². The maximum Gasteiger partial charge on any atom is 0.333 e. The van der Waals surface area contributed by atoms with Crippen molar-refractivity contribution in [1.29, 1.82) is 0 Å². The van der Waals surface area contributed by atoms with Gasteiger partial charge in [-0.1, -0.05) is 43.2 Å². The number of esters is 1. The molecule has 6 heteroatoms. The molecule has 0 aromatic heterocycles. The fourth-order valence-electron chi connectivity index (χ4n) is 2.99. The number of amides is 1. The zero-order valence-corrected chi connectivity index (χ0v) is 14.2. The molecule has 1 fully saturated rings. The number of carbonyl (C=O) groups is 2. The molecule has 1 aliphatic rings. The minimum absolute atomic E-state index is 0. The molecular formula is C17H25ClN2O3. The first-order valence-electron chi connectivity index (χ1n) is 7.79. The number of benzene rings is 1. The van der Waals surface area contributed by atoms with Crippen molar-refractivity contribution in [2.75, 3.05) is 7.11 Å². The second kappa shape index (κ2) is 9.53.